The molecule has 0 spiro atoms. The number of hydrogen-bond donors (Lipinski definition) is 0. The lowest BCUT2D eigenvalue weighted by Gasteiger charge is -2.34. The van der Waals surface area contributed by atoms with E-state index in [2.05, 4.69) is 0 Å². The topological polar surface area (TPSA) is 26.4 Å². The Labute approximate surface area is 163 Å². The quantitative estimate of drug-likeness (QED) is 0.726. The number of ether oxygens (including phenoxy) is 2. The molecule has 0 saturated carbocycles. The summed E-state index contributed by atoms with van der Waals surface area (Å²) in [4.78, 5) is 0. The summed E-state index contributed by atoms with van der Waals surface area (Å²) in [6.07, 6.45) is 1.81. The van der Waals surface area contributed by atoms with Crippen LogP contribution in [0.2, 0.25) is 0 Å². The molecule has 0 radical (unpaired) electrons. The number of benzene rings is 1. The van der Waals surface area contributed by atoms with Crippen molar-refractivity contribution in [3.8, 4) is 11.5 Å². The molecule has 2 aromatic rings. The van der Waals surface area contributed by atoms with Crippen molar-refractivity contribution in [2.45, 2.75) is 27.7 Å². The molecule has 1 aromatic heterocycles. The van der Waals surface area contributed by atoms with Crippen molar-refractivity contribution in [1.29, 1.82) is 0 Å². The van der Waals surface area contributed by atoms with Crippen molar-refractivity contribution in [3.63, 3.8) is 0 Å². The summed E-state index contributed by atoms with van der Waals surface area (Å²) in [5.74, 6) is 1.26. The summed E-state index contributed by atoms with van der Waals surface area (Å²) in [5.41, 5.74) is 5.22. The van der Waals surface area contributed by atoms with Crippen molar-refractivity contribution >= 4 is 18.3 Å². The van der Waals surface area contributed by atoms with E-state index in [1.807, 2.05) is 38.1 Å². The van der Waals surface area contributed by atoms with Gasteiger partial charge in [0.1, 0.15) is 17.2 Å². The second-order valence-electron chi connectivity index (χ2n) is 7.40. The van der Waals surface area contributed by atoms with Gasteiger partial charge in [0.25, 0.3) is 0 Å². The lowest BCUT2D eigenvalue weighted by molar-refractivity contribution is -0.363. The van der Waals surface area contributed by atoms with Gasteiger partial charge in [-0.25, -0.2) is 0 Å². The van der Waals surface area contributed by atoms with Crippen LogP contribution in [0.1, 0.15) is 36.4 Å². The number of aryl methyl sites for hydroxylation is 2. The first-order valence-electron chi connectivity index (χ1n) is 9.21. The molecule has 0 bridgehead atoms. The van der Waals surface area contributed by atoms with Gasteiger partial charge in [-0.3, -0.25) is 0 Å². The summed E-state index contributed by atoms with van der Waals surface area (Å²) in [5, 5.41) is 0. The SMILES string of the molecule is COc1ccc(OC)c(C2=C3C(C)=CC(C)=[N+]3[B-](F)(F)n3c(C)cc(C)c32)c1. The van der Waals surface area contributed by atoms with Crippen LogP contribution in [-0.4, -0.2) is 35.9 Å². The number of nitrogens with zero attached hydrogens (tertiary/aromatic N) is 2. The lowest BCUT2D eigenvalue weighted by atomic mass is 9.83. The van der Waals surface area contributed by atoms with Crippen LogP contribution >= 0.6 is 0 Å². The van der Waals surface area contributed by atoms with Crippen LogP contribution in [-0.2, 0) is 0 Å². The highest BCUT2D eigenvalue weighted by Gasteiger charge is 2.55. The third-order valence-corrected chi connectivity index (χ3v) is 5.61. The number of allylic oxidation sites excluding steroid dienone is 2. The molecule has 2 aliphatic heterocycles. The van der Waals surface area contributed by atoms with E-state index < -0.39 is 6.97 Å². The molecule has 1 aromatic carbocycles. The number of hydrogen-bond acceptors (Lipinski definition) is 2. The molecule has 146 valence electrons. The smallest absolute Gasteiger partial charge is 0.497 e. The number of aromatic nitrogens is 1. The lowest BCUT2D eigenvalue weighted by Crippen LogP contribution is -2.51. The minimum atomic E-state index is -3.99. The van der Waals surface area contributed by atoms with E-state index in [9.17, 15) is 0 Å². The Bertz CT molecular complexity index is 1110. The molecule has 2 aliphatic rings. The normalized spacial score (nSPS) is 17.5. The molecule has 0 unspecified atom stereocenters. The van der Waals surface area contributed by atoms with Crippen molar-refractivity contribution < 1.29 is 22.6 Å². The zero-order valence-electron chi connectivity index (χ0n) is 16.9. The fourth-order valence-electron chi connectivity index (χ4n) is 4.56. The number of methoxy groups -OCH3 is 2. The Balaban J connectivity index is 2.19. The van der Waals surface area contributed by atoms with E-state index in [0.29, 0.717) is 34.3 Å². The van der Waals surface area contributed by atoms with Crippen LogP contribution < -0.4 is 9.47 Å². The van der Waals surface area contributed by atoms with Crippen LogP contribution in [0.25, 0.3) is 5.57 Å². The highest BCUT2D eigenvalue weighted by Crippen LogP contribution is 2.46. The Morgan fingerprint density at radius 2 is 1.71 bits per heavy atom. The maximum Gasteiger partial charge on any atom is 0.737 e. The van der Waals surface area contributed by atoms with Gasteiger partial charge in [0.05, 0.1) is 19.8 Å². The van der Waals surface area contributed by atoms with Gasteiger partial charge in [0, 0.05) is 29.8 Å². The van der Waals surface area contributed by atoms with Gasteiger partial charge in [-0.15, -0.1) is 0 Å². The van der Waals surface area contributed by atoms with Crippen molar-refractivity contribution in [2.24, 2.45) is 0 Å². The first kappa shape index (κ1) is 18.5. The molecule has 0 fully saturated rings. The highest BCUT2D eigenvalue weighted by molar-refractivity contribution is 6.58. The molecule has 4 rings (SSSR count). The average Bonchev–Trinajstić information content (AvgIpc) is 3.11. The van der Waals surface area contributed by atoms with Gasteiger partial charge < -0.3 is 27.1 Å². The van der Waals surface area contributed by atoms with Gasteiger partial charge in [-0.05, 0) is 56.3 Å². The van der Waals surface area contributed by atoms with E-state index in [-0.39, 0.29) is 0 Å². The monoisotopic (exact) mass is 384 g/mol. The summed E-state index contributed by atoms with van der Waals surface area (Å²) >= 11 is 0. The molecule has 3 heterocycles. The zero-order chi connectivity index (χ0) is 20.4. The van der Waals surface area contributed by atoms with Crippen LogP contribution in [0, 0.1) is 13.8 Å². The van der Waals surface area contributed by atoms with E-state index in [0.717, 1.165) is 22.3 Å². The summed E-state index contributed by atoms with van der Waals surface area (Å²) in [6, 6.07) is 7.28. The fraction of sp³-hybridized carbons (Fsp3) is 0.286. The Morgan fingerprint density at radius 1 is 1.00 bits per heavy atom. The Hall–Kier alpha value is -2.83. The van der Waals surface area contributed by atoms with Crippen LogP contribution in [0.3, 0.4) is 0 Å². The van der Waals surface area contributed by atoms with Gasteiger partial charge in [0.2, 0.25) is 0 Å². The molecule has 4 nitrogen and oxygen atoms in total. The maximum absolute atomic E-state index is 15.7. The maximum atomic E-state index is 15.7. The van der Waals surface area contributed by atoms with Gasteiger partial charge in [-0.2, -0.15) is 0 Å². The fourth-order valence-corrected chi connectivity index (χ4v) is 4.56. The molecule has 0 atom stereocenters. The Morgan fingerprint density at radius 3 is 2.36 bits per heavy atom. The van der Waals surface area contributed by atoms with Crippen LogP contribution in [0.15, 0.2) is 41.6 Å². The third kappa shape index (κ3) is 2.31. The minimum Gasteiger partial charge on any atom is -0.497 e. The molecular formula is C21H23BF2N2O2. The minimum absolute atomic E-state index is 0.530. The first-order chi connectivity index (χ1) is 13.2. The molecule has 28 heavy (non-hydrogen) atoms. The van der Waals surface area contributed by atoms with Crippen molar-refractivity contribution in [2.75, 3.05) is 14.2 Å². The van der Waals surface area contributed by atoms with E-state index >= 15 is 8.63 Å². The van der Waals surface area contributed by atoms with E-state index in [4.69, 9.17) is 9.47 Å². The van der Waals surface area contributed by atoms with Crippen molar-refractivity contribution in [3.05, 3.63) is 64.1 Å². The average molecular weight is 384 g/mol. The van der Waals surface area contributed by atoms with E-state index in [1.54, 1.807) is 34.1 Å². The van der Waals surface area contributed by atoms with Crippen LogP contribution in [0.4, 0.5) is 8.63 Å². The summed E-state index contributed by atoms with van der Waals surface area (Å²) < 4.78 is 44.7. The second kappa shape index (κ2) is 6.09. The molecule has 7 heteroatoms. The zero-order valence-corrected chi connectivity index (χ0v) is 16.9. The van der Waals surface area contributed by atoms with Crippen molar-refractivity contribution in [1.82, 2.24) is 4.48 Å². The predicted molar refractivity (Wildman–Crippen MR) is 108 cm³/mol. The highest BCUT2D eigenvalue weighted by atomic mass is 19.2. The molecule has 0 aliphatic carbocycles. The molecular weight excluding hydrogens is 361 g/mol. The first-order valence-corrected chi connectivity index (χ1v) is 9.21. The standard InChI is InChI=1S/C21H23BF2N2O2/c1-12-9-14(3)25-20(12)19(17-11-16(27-5)7-8-18(17)28-6)21-13(2)10-15(4)26(21)22(25,23)24/h7-11H,1-6H3. The third-order valence-electron chi connectivity index (χ3n) is 5.61. The summed E-state index contributed by atoms with van der Waals surface area (Å²) in [7, 11) is 3.17. The predicted octanol–water partition coefficient (Wildman–Crippen LogP) is 4.55. The second-order valence-corrected chi connectivity index (χ2v) is 7.40. The summed E-state index contributed by atoms with van der Waals surface area (Å²) in [6.45, 7) is 3.21. The van der Waals surface area contributed by atoms with Gasteiger partial charge in [-0.1, -0.05) is 0 Å². The Kier molecular flexibility index (Phi) is 4.03. The number of halogens is 2. The van der Waals surface area contributed by atoms with Gasteiger partial charge in [0.15, 0.2) is 5.70 Å². The molecule has 0 saturated heterocycles. The number of rotatable bonds is 3. The van der Waals surface area contributed by atoms with Crippen LogP contribution in [0.5, 0.6) is 11.5 Å². The number of fused-ring (bicyclic) bond motifs is 2. The van der Waals surface area contributed by atoms with E-state index in [1.165, 1.54) is 8.96 Å². The molecule has 0 N–H and O–H groups in total. The molecule has 0 amide bonds. The van der Waals surface area contributed by atoms with Gasteiger partial charge >= 0.3 is 6.97 Å². The largest absolute Gasteiger partial charge is 0.737 e.